The first-order chi connectivity index (χ1) is 11.0. The van der Waals surface area contributed by atoms with Crippen molar-refractivity contribution in [3.63, 3.8) is 0 Å². The highest BCUT2D eigenvalue weighted by molar-refractivity contribution is 7.89. The summed E-state index contributed by atoms with van der Waals surface area (Å²) >= 11 is 7.51. The Morgan fingerprint density at radius 3 is 2.74 bits per heavy atom. The fraction of sp³-hybridized carbons (Fsp3) is 0.133. The van der Waals surface area contributed by atoms with Gasteiger partial charge >= 0.3 is 0 Å². The van der Waals surface area contributed by atoms with Crippen molar-refractivity contribution in [1.29, 1.82) is 0 Å². The van der Waals surface area contributed by atoms with Crippen LogP contribution in [-0.4, -0.2) is 18.2 Å². The van der Waals surface area contributed by atoms with Crippen LogP contribution in [0.3, 0.4) is 0 Å². The number of rotatable bonds is 5. The zero-order valence-corrected chi connectivity index (χ0v) is 14.6. The van der Waals surface area contributed by atoms with Gasteiger partial charge in [0, 0.05) is 24.8 Å². The first-order valence-corrected chi connectivity index (χ1v) is 9.52. The van der Waals surface area contributed by atoms with Gasteiger partial charge in [-0.3, -0.25) is 4.68 Å². The minimum absolute atomic E-state index is 0.126. The number of aromatic nitrogens is 2. The molecule has 0 radical (unpaired) electrons. The van der Waals surface area contributed by atoms with Crippen LogP contribution < -0.4 is 4.72 Å². The first-order valence-electron chi connectivity index (χ1n) is 6.78. The lowest BCUT2D eigenvalue weighted by molar-refractivity contribution is 0.581. The largest absolute Gasteiger partial charge is 0.274 e. The van der Waals surface area contributed by atoms with E-state index in [1.807, 2.05) is 23.6 Å². The molecule has 0 aliphatic carbocycles. The van der Waals surface area contributed by atoms with Gasteiger partial charge in [0.25, 0.3) is 0 Å². The van der Waals surface area contributed by atoms with Crippen LogP contribution in [0.25, 0.3) is 10.6 Å². The quantitative estimate of drug-likeness (QED) is 0.752. The molecule has 2 aromatic heterocycles. The molecule has 0 aliphatic heterocycles. The third kappa shape index (κ3) is 3.48. The van der Waals surface area contributed by atoms with E-state index in [1.54, 1.807) is 25.2 Å². The molecule has 0 atom stereocenters. The topological polar surface area (TPSA) is 64.0 Å². The molecule has 0 unspecified atom stereocenters. The average molecular weight is 368 g/mol. The highest BCUT2D eigenvalue weighted by Gasteiger charge is 2.23. The third-order valence-electron chi connectivity index (χ3n) is 3.25. The van der Waals surface area contributed by atoms with E-state index in [-0.39, 0.29) is 11.4 Å². The maximum absolute atomic E-state index is 12.6. The standard InChI is InChI=1S/C15H14ClN3O2S2/c1-19-10-14(15(18-19)13-7-4-8-22-13)23(20,21)17-9-11-5-2-3-6-12(11)16/h2-8,10,17H,9H2,1H3. The molecule has 0 saturated carbocycles. The lowest BCUT2D eigenvalue weighted by Crippen LogP contribution is -2.23. The number of benzene rings is 1. The Hall–Kier alpha value is -1.67. The lowest BCUT2D eigenvalue weighted by Gasteiger charge is -2.07. The van der Waals surface area contributed by atoms with Crippen molar-refractivity contribution in [3.8, 4) is 10.6 Å². The van der Waals surface area contributed by atoms with E-state index >= 15 is 0 Å². The number of sulfonamides is 1. The summed E-state index contributed by atoms with van der Waals surface area (Å²) in [5, 5.41) is 6.69. The number of nitrogens with one attached hydrogen (secondary N) is 1. The van der Waals surface area contributed by atoms with Gasteiger partial charge in [-0.25, -0.2) is 13.1 Å². The van der Waals surface area contributed by atoms with Crippen molar-refractivity contribution in [2.75, 3.05) is 0 Å². The summed E-state index contributed by atoms with van der Waals surface area (Å²) in [5.41, 5.74) is 1.17. The van der Waals surface area contributed by atoms with E-state index in [2.05, 4.69) is 9.82 Å². The zero-order valence-electron chi connectivity index (χ0n) is 12.2. The molecule has 3 aromatic rings. The second-order valence-electron chi connectivity index (χ2n) is 4.91. The maximum atomic E-state index is 12.6. The smallest absolute Gasteiger partial charge is 0.244 e. The minimum Gasteiger partial charge on any atom is -0.274 e. The Labute approximate surface area is 143 Å². The number of hydrogen-bond acceptors (Lipinski definition) is 4. The average Bonchev–Trinajstić information content (AvgIpc) is 3.15. The van der Waals surface area contributed by atoms with Gasteiger partial charge in [-0.05, 0) is 23.1 Å². The normalized spacial score (nSPS) is 11.7. The Morgan fingerprint density at radius 2 is 2.04 bits per heavy atom. The molecule has 0 fully saturated rings. The number of hydrogen-bond donors (Lipinski definition) is 1. The lowest BCUT2D eigenvalue weighted by atomic mass is 10.2. The van der Waals surface area contributed by atoms with Crippen molar-refractivity contribution in [2.45, 2.75) is 11.4 Å². The SMILES string of the molecule is Cn1cc(S(=O)(=O)NCc2ccccc2Cl)c(-c2cccs2)n1. The molecule has 2 heterocycles. The monoisotopic (exact) mass is 367 g/mol. The van der Waals surface area contributed by atoms with E-state index in [9.17, 15) is 8.42 Å². The summed E-state index contributed by atoms with van der Waals surface area (Å²) in [5.74, 6) is 0. The van der Waals surface area contributed by atoms with Crippen molar-refractivity contribution in [2.24, 2.45) is 7.05 Å². The van der Waals surface area contributed by atoms with Gasteiger partial charge < -0.3 is 0 Å². The molecule has 0 spiro atoms. The summed E-state index contributed by atoms with van der Waals surface area (Å²) in [6.07, 6.45) is 1.50. The molecule has 1 N–H and O–H groups in total. The molecular formula is C15H14ClN3O2S2. The summed E-state index contributed by atoms with van der Waals surface area (Å²) in [6.45, 7) is 0.126. The Balaban J connectivity index is 1.90. The zero-order chi connectivity index (χ0) is 16.4. The fourth-order valence-corrected chi connectivity index (χ4v) is 4.33. The molecule has 120 valence electrons. The molecule has 1 aromatic carbocycles. The summed E-state index contributed by atoms with van der Waals surface area (Å²) in [4.78, 5) is 0.971. The van der Waals surface area contributed by atoms with Gasteiger partial charge in [0.2, 0.25) is 10.0 Å². The van der Waals surface area contributed by atoms with E-state index in [1.165, 1.54) is 22.2 Å². The van der Waals surface area contributed by atoms with E-state index < -0.39 is 10.0 Å². The van der Waals surface area contributed by atoms with E-state index in [0.29, 0.717) is 10.7 Å². The molecule has 0 amide bonds. The second kappa shape index (κ2) is 6.45. The Kier molecular flexibility index (Phi) is 4.54. The van der Waals surface area contributed by atoms with Gasteiger partial charge in [-0.15, -0.1) is 11.3 Å². The van der Waals surface area contributed by atoms with Crippen molar-refractivity contribution in [3.05, 3.63) is 58.6 Å². The predicted molar refractivity (Wildman–Crippen MR) is 92.0 cm³/mol. The molecule has 0 saturated heterocycles. The summed E-state index contributed by atoms with van der Waals surface area (Å²) in [6, 6.07) is 10.8. The highest BCUT2D eigenvalue weighted by atomic mass is 35.5. The molecule has 3 rings (SSSR count). The van der Waals surface area contributed by atoms with Crippen LogP contribution in [-0.2, 0) is 23.6 Å². The van der Waals surface area contributed by atoms with Crippen LogP contribution in [0.4, 0.5) is 0 Å². The maximum Gasteiger partial charge on any atom is 0.244 e. The minimum atomic E-state index is -3.70. The van der Waals surface area contributed by atoms with Gasteiger partial charge in [0.1, 0.15) is 10.6 Å². The fourth-order valence-electron chi connectivity index (χ4n) is 2.14. The van der Waals surface area contributed by atoms with E-state index in [0.717, 1.165) is 10.4 Å². The molecule has 5 nitrogen and oxygen atoms in total. The van der Waals surface area contributed by atoms with Crippen molar-refractivity contribution >= 4 is 33.0 Å². The van der Waals surface area contributed by atoms with Crippen LogP contribution in [0.1, 0.15) is 5.56 Å². The van der Waals surface area contributed by atoms with Gasteiger partial charge in [-0.1, -0.05) is 35.9 Å². The Morgan fingerprint density at radius 1 is 1.26 bits per heavy atom. The second-order valence-corrected chi connectivity index (χ2v) is 8.00. The van der Waals surface area contributed by atoms with Gasteiger partial charge in [-0.2, -0.15) is 5.10 Å². The highest BCUT2D eigenvalue weighted by Crippen LogP contribution is 2.29. The van der Waals surface area contributed by atoms with E-state index in [4.69, 9.17) is 11.6 Å². The van der Waals surface area contributed by atoms with Crippen molar-refractivity contribution in [1.82, 2.24) is 14.5 Å². The van der Waals surface area contributed by atoms with Crippen LogP contribution in [0, 0.1) is 0 Å². The number of halogens is 1. The number of thiophene rings is 1. The first kappa shape index (κ1) is 16.2. The summed E-state index contributed by atoms with van der Waals surface area (Å²) < 4.78 is 29.4. The third-order valence-corrected chi connectivity index (χ3v) is 5.90. The van der Waals surface area contributed by atoms with Crippen LogP contribution >= 0.6 is 22.9 Å². The van der Waals surface area contributed by atoms with Gasteiger partial charge in [0.15, 0.2) is 0 Å². The predicted octanol–water partition coefficient (Wildman–Crippen LogP) is 3.28. The molecular weight excluding hydrogens is 354 g/mol. The van der Waals surface area contributed by atoms with Crippen LogP contribution in [0.5, 0.6) is 0 Å². The number of nitrogens with zero attached hydrogens (tertiary/aromatic N) is 2. The van der Waals surface area contributed by atoms with Crippen LogP contribution in [0.15, 0.2) is 52.9 Å². The van der Waals surface area contributed by atoms with Gasteiger partial charge in [0.05, 0.1) is 4.88 Å². The summed E-state index contributed by atoms with van der Waals surface area (Å²) in [7, 11) is -2.00. The van der Waals surface area contributed by atoms with Crippen LogP contribution in [0.2, 0.25) is 5.02 Å². The molecule has 23 heavy (non-hydrogen) atoms. The number of aryl methyl sites for hydroxylation is 1. The Bertz CT molecular complexity index is 918. The molecule has 8 heteroatoms. The molecule has 0 bridgehead atoms. The molecule has 0 aliphatic rings. The van der Waals surface area contributed by atoms with Crippen molar-refractivity contribution < 1.29 is 8.42 Å².